The van der Waals surface area contributed by atoms with E-state index in [1.54, 1.807) is 45.8 Å². The normalized spacial score (nSPS) is 11.4. The van der Waals surface area contributed by atoms with Crippen LogP contribution in [-0.2, 0) is 4.79 Å². The Morgan fingerprint density at radius 3 is 2.43 bits per heavy atom. The van der Waals surface area contributed by atoms with Gasteiger partial charge >= 0.3 is 0 Å². The van der Waals surface area contributed by atoms with Gasteiger partial charge in [-0.15, -0.1) is 0 Å². The van der Waals surface area contributed by atoms with Gasteiger partial charge in [-0.25, -0.2) is 0 Å². The summed E-state index contributed by atoms with van der Waals surface area (Å²) in [6.07, 6.45) is 3.24. The fourth-order valence-corrected chi connectivity index (χ4v) is 4.12. The minimum Gasteiger partial charge on any atom is -0.496 e. The third-order valence-corrected chi connectivity index (χ3v) is 6.30. The van der Waals surface area contributed by atoms with Crippen LogP contribution < -0.4 is 19.5 Å². The number of nitrogens with one attached hydrogen (secondary N) is 1. The number of rotatable bonds is 7. The molecule has 180 valence electrons. The van der Waals surface area contributed by atoms with Gasteiger partial charge in [-0.05, 0) is 60.9 Å². The quantitative estimate of drug-likeness (QED) is 0.278. The molecule has 3 aromatic carbocycles. The highest BCUT2D eigenvalue weighted by atomic mass is 35.5. The third kappa shape index (κ3) is 4.84. The Kier molecular flexibility index (Phi) is 7.03. The Hall–Kier alpha value is -3.90. The molecule has 0 saturated carbocycles. The molecule has 4 aromatic rings. The summed E-state index contributed by atoms with van der Waals surface area (Å²) in [6, 6.07) is 14.9. The van der Waals surface area contributed by atoms with Crippen molar-refractivity contribution in [1.82, 2.24) is 0 Å². The molecule has 35 heavy (non-hydrogen) atoms. The molecule has 0 radical (unpaired) electrons. The van der Waals surface area contributed by atoms with Crippen LogP contribution in [0.4, 0.5) is 5.69 Å². The number of benzene rings is 3. The van der Waals surface area contributed by atoms with Crippen molar-refractivity contribution >= 4 is 39.7 Å². The van der Waals surface area contributed by atoms with Crippen molar-refractivity contribution in [2.24, 2.45) is 0 Å². The average Bonchev–Trinajstić information content (AvgIpc) is 3.28. The first kappa shape index (κ1) is 24.2. The molecule has 0 saturated heterocycles. The fourth-order valence-electron chi connectivity index (χ4n) is 3.95. The Bertz CT molecular complexity index is 1440. The molecule has 0 aliphatic carbocycles. The van der Waals surface area contributed by atoms with Gasteiger partial charge in [-0.1, -0.05) is 23.7 Å². The summed E-state index contributed by atoms with van der Waals surface area (Å²) in [5.74, 6) is 1.61. The molecule has 0 unspecified atom stereocenters. The molecule has 1 N–H and O–H groups in total. The van der Waals surface area contributed by atoms with Gasteiger partial charge in [-0.3, -0.25) is 4.79 Å². The molecule has 0 bridgehead atoms. The van der Waals surface area contributed by atoms with Crippen LogP contribution in [0.3, 0.4) is 0 Å². The van der Waals surface area contributed by atoms with Crippen LogP contribution >= 0.6 is 11.6 Å². The van der Waals surface area contributed by atoms with Crippen molar-refractivity contribution in [1.29, 1.82) is 0 Å². The molecule has 0 spiro atoms. The zero-order valence-corrected chi connectivity index (χ0v) is 20.9. The minimum atomic E-state index is -0.262. The predicted octanol–water partition coefficient (Wildman–Crippen LogP) is 7.13. The van der Waals surface area contributed by atoms with Gasteiger partial charge in [0.25, 0.3) is 0 Å². The number of methoxy groups -OCH3 is 3. The van der Waals surface area contributed by atoms with E-state index >= 15 is 0 Å². The summed E-state index contributed by atoms with van der Waals surface area (Å²) >= 11 is 6.18. The molecule has 4 rings (SSSR count). The van der Waals surface area contributed by atoms with Crippen molar-refractivity contribution in [3.05, 3.63) is 77.0 Å². The lowest BCUT2D eigenvalue weighted by atomic mass is 9.99. The van der Waals surface area contributed by atoms with Gasteiger partial charge in [0, 0.05) is 39.4 Å². The number of halogens is 1. The lowest BCUT2D eigenvalue weighted by molar-refractivity contribution is -0.111. The Morgan fingerprint density at radius 1 is 0.971 bits per heavy atom. The molecule has 1 aromatic heterocycles. The zero-order chi connectivity index (χ0) is 25.1. The molecule has 6 nitrogen and oxygen atoms in total. The maximum absolute atomic E-state index is 12.8. The molecule has 7 heteroatoms. The second-order valence-electron chi connectivity index (χ2n) is 8.00. The highest BCUT2D eigenvalue weighted by molar-refractivity contribution is 6.31. The molecule has 1 heterocycles. The molecular weight excluding hydrogens is 466 g/mol. The second kappa shape index (κ2) is 10.2. The maximum Gasteiger partial charge on any atom is 0.248 e. The van der Waals surface area contributed by atoms with Crippen LogP contribution in [0.2, 0.25) is 5.02 Å². The number of hydrogen-bond donors (Lipinski definition) is 1. The summed E-state index contributed by atoms with van der Waals surface area (Å²) in [5.41, 5.74) is 5.46. The van der Waals surface area contributed by atoms with Gasteiger partial charge in [0.2, 0.25) is 5.91 Å². The average molecular weight is 492 g/mol. The lowest BCUT2D eigenvalue weighted by Crippen LogP contribution is -2.10. The van der Waals surface area contributed by atoms with Crippen LogP contribution in [0.5, 0.6) is 17.2 Å². The third-order valence-electron chi connectivity index (χ3n) is 5.89. The van der Waals surface area contributed by atoms with Crippen molar-refractivity contribution in [2.75, 3.05) is 26.6 Å². The van der Waals surface area contributed by atoms with Crippen molar-refractivity contribution in [2.45, 2.75) is 13.8 Å². The molecule has 0 atom stereocenters. The van der Waals surface area contributed by atoms with E-state index in [2.05, 4.69) is 5.32 Å². The van der Waals surface area contributed by atoms with E-state index in [1.807, 2.05) is 50.2 Å². The number of carbonyl (C=O) groups excluding carboxylic acids is 1. The van der Waals surface area contributed by atoms with Crippen LogP contribution in [-0.4, -0.2) is 27.2 Å². The molecule has 0 aliphatic rings. The van der Waals surface area contributed by atoms with E-state index in [0.29, 0.717) is 33.5 Å². The zero-order valence-electron chi connectivity index (χ0n) is 20.2. The number of anilines is 1. The first-order valence-corrected chi connectivity index (χ1v) is 11.3. The summed E-state index contributed by atoms with van der Waals surface area (Å²) in [7, 11) is 4.79. The van der Waals surface area contributed by atoms with Gasteiger partial charge < -0.3 is 23.9 Å². The lowest BCUT2D eigenvalue weighted by Gasteiger charge is -2.12. The smallest absolute Gasteiger partial charge is 0.248 e. The molecular formula is C28H26ClNO5. The fraction of sp³-hybridized carbons (Fsp3) is 0.179. The summed E-state index contributed by atoms with van der Waals surface area (Å²) < 4.78 is 22.2. The van der Waals surface area contributed by atoms with Crippen molar-refractivity contribution in [3.63, 3.8) is 0 Å². The van der Waals surface area contributed by atoms with Gasteiger partial charge in [0.1, 0.15) is 11.3 Å². The number of ether oxygens (including phenoxy) is 3. The van der Waals surface area contributed by atoms with E-state index in [4.69, 9.17) is 30.2 Å². The highest BCUT2D eigenvalue weighted by Gasteiger charge is 2.16. The number of carbonyl (C=O) groups is 1. The van der Waals surface area contributed by atoms with E-state index in [9.17, 15) is 4.79 Å². The van der Waals surface area contributed by atoms with E-state index in [-0.39, 0.29) is 5.91 Å². The van der Waals surface area contributed by atoms with Crippen molar-refractivity contribution < 1.29 is 23.4 Å². The first-order valence-electron chi connectivity index (χ1n) is 10.9. The van der Waals surface area contributed by atoms with Gasteiger partial charge in [0.15, 0.2) is 11.5 Å². The largest absolute Gasteiger partial charge is 0.496 e. The Morgan fingerprint density at radius 2 is 1.71 bits per heavy atom. The molecule has 0 fully saturated rings. The summed E-state index contributed by atoms with van der Waals surface area (Å²) in [4.78, 5) is 12.8. The predicted molar refractivity (Wildman–Crippen MR) is 140 cm³/mol. The summed E-state index contributed by atoms with van der Waals surface area (Å²) in [6.45, 7) is 3.73. The first-order chi connectivity index (χ1) is 16.9. The highest BCUT2D eigenvalue weighted by Crippen LogP contribution is 2.40. The Balaban J connectivity index is 1.73. The summed E-state index contributed by atoms with van der Waals surface area (Å²) in [5, 5.41) is 4.37. The monoisotopic (exact) mass is 491 g/mol. The van der Waals surface area contributed by atoms with Crippen molar-refractivity contribution in [3.8, 4) is 28.4 Å². The SMILES string of the molecule is COc1ccc(-c2coc3cc(OC)c(/C(C)=C/C(=O)Nc4cccc(Cl)c4C)cc23)cc1OC. The molecule has 1 amide bonds. The number of allylic oxidation sites excluding steroid dienone is 1. The second-order valence-corrected chi connectivity index (χ2v) is 8.40. The van der Waals surface area contributed by atoms with E-state index in [0.717, 1.165) is 33.2 Å². The van der Waals surface area contributed by atoms with Crippen LogP contribution in [0.15, 0.2) is 65.3 Å². The number of amides is 1. The van der Waals surface area contributed by atoms with E-state index < -0.39 is 0 Å². The number of hydrogen-bond acceptors (Lipinski definition) is 5. The van der Waals surface area contributed by atoms with Gasteiger partial charge in [0.05, 0.1) is 27.6 Å². The Labute approximate surface area is 209 Å². The minimum absolute atomic E-state index is 0.262. The standard InChI is InChI=1S/C28H26ClNO5/c1-16(11-28(31)30-23-8-6-7-22(29)17(23)2)19-13-20-21(15-35-26(20)14-25(19)33-4)18-9-10-24(32-3)27(12-18)34-5/h6-15H,1-5H3,(H,30,31)/b16-11+. The number of furan rings is 1. The maximum atomic E-state index is 12.8. The number of fused-ring (bicyclic) bond motifs is 1. The van der Waals surface area contributed by atoms with Crippen LogP contribution in [0.1, 0.15) is 18.1 Å². The van der Waals surface area contributed by atoms with Gasteiger partial charge in [-0.2, -0.15) is 0 Å². The topological polar surface area (TPSA) is 69.9 Å². The van der Waals surface area contributed by atoms with Crippen LogP contribution in [0, 0.1) is 6.92 Å². The van der Waals surface area contributed by atoms with Crippen LogP contribution in [0.25, 0.3) is 27.7 Å². The molecule has 0 aliphatic heterocycles. The van der Waals surface area contributed by atoms with E-state index in [1.165, 1.54) is 0 Å².